The summed E-state index contributed by atoms with van der Waals surface area (Å²) in [6.45, 7) is 1.49. The Balaban J connectivity index is 1.88. The quantitative estimate of drug-likeness (QED) is 0.231. The molecule has 0 radical (unpaired) electrons. The zero-order chi connectivity index (χ0) is 15.9. The number of aliphatic imine (C=N–C) groups is 1. The third kappa shape index (κ3) is 4.29. The number of amidine groups is 1. The van der Waals surface area contributed by atoms with E-state index in [9.17, 15) is 9.18 Å². The molecule has 0 aliphatic carbocycles. The van der Waals surface area contributed by atoms with Crippen LogP contribution in [-0.4, -0.2) is 35.4 Å². The Kier molecular flexibility index (Phi) is 5.92. The third-order valence-electron chi connectivity index (χ3n) is 3.53. The number of ketones is 1. The number of halogens is 1. The number of nitriles is 1. The number of hydrogen-bond acceptors (Lipinski definition) is 5. The lowest BCUT2D eigenvalue weighted by Gasteiger charge is -2.30. The molecule has 0 atom stereocenters. The maximum Gasteiger partial charge on any atom is 0.185 e. The number of piperidine rings is 1. The lowest BCUT2D eigenvalue weighted by atomic mass is 9.90. The summed E-state index contributed by atoms with van der Waals surface area (Å²) >= 11 is 1.39. The predicted molar refractivity (Wildman–Crippen MR) is 84.7 cm³/mol. The molecule has 7 heteroatoms. The van der Waals surface area contributed by atoms with Crippen molar-refractivity contribution in [3.63, 3.8) is 0 Å². The molecule has 1 saturated heterocycles. The van der Waals surface area contributed by atoms with Gasteiger partial charge in [0.1, 0.15) is 5.82 Å². The Labute approximate surface area is 133 Å². The largest absolute Gasteiger partial charge is 0.294 e. The van der Waals surface area contributed by atoms with E-state index in [0.29, 0.717) is 10.7 Å². The fourth-order valence-corrected chi connectivity index (χ4v) is 3.16. The minimum Gasteiger partial charge on any atom is -0.294 e. The summed E-state index contributed by atoms with van der Waals surface area (Å²) in [5, 5.41) is 11.7. The normalized spacial score (nSPS) is 17.0. The molecule has 0 aromatic heterocycles. The lowest BCUT2D eigenvalue weighted by molar-refractivity contribution is 0.0879. The van der Waals surface area contributed by atoms with Gasteiger partial charge in [0.15, 0.2) is 17.1 Å². The molecule has 0 unspecified atom stereocenters. The van der Waals surface area contributed by atoms with Crippen molar-refractivity contribution in [1.29, 1.82) is 5.26 Å². The first-order valence-corrected chi connectivity index (χ1v) is 7.76. The molecule has 0 bridgehead atoms. The summed E-state index contributed by atoms with van der Waals surface area (Å²) in [6.07, 6.45) is 3.33. The fourth-order valence-electron chi connectivity index (χ4n) is 2.35. The van der Waals surface area contributed by atoms with Gasteiger partial charge in [-0.2, -0.15) is 5.26 Å². The van der Waals surface area contributed by atoms with E-state index in [1.807, 2.05) is 6.19 Å². The molecule has 5 nitrogen and oxygen atoms in total. The first kappa shape index (κ1) is 16.5. The third-order valence-corrected chi connectivity index (χ3v) is 4.62. The molecule has 0 spiro atoms. The van der Waals surface area contributed by atoms with Gasteiger partial charge in [-0.05, 0) is 49.1 Å². The molecule has 1 aliphatic rings. The highest BCUT2D eigenvalue weighted by Crippen LogP contribution is 2.26. The summed E-state index contributed by atoms with van der Waals surface area (Å²) in [5.74, 6) is -0.295. The molecule has 22 heavy (non-hydrogen) atoms. The van der Waals surface area contributed by atoms with Gasteiger partial charge < -0.3 is 0 Å². The van der Waals surface area contributed by atoms with Crippen molar-refractivity contribution in [3.05, 3.63) is 35.6 Å². The van der Waals surface area contributed by atoms with Crippen LogP contribution >= 0.6 is 11.9 Å². The van der Waals surface area contributed by atoms with Crippen LogP contribution in [-0.2, 0) is 0 Å². The van der Waals surface area contributed by atoms with Gasteiger partial charge in [-0.15, -0.1) is 0 Å². The van der Waals surface area contributed by atoms with Crippen LogP contribution in [0.5, 0.6) is 0 Å². The Bertz CT molecular complexity index is 589. The average molecular weight is 320 g/mol. The van der Waals surface area contributed by atoms with E-state index in [2.05, 4.69) is 14.6 Å². The van der Waals surface area contributed by atoms with E-state index in [4.69, 9.17) is 5.26 Å². The van der Waals surface area contributed by atoms with Crippen molar-refractivity contribution in [3.8, 4) is 6.19 Å². The van der Waals surface area contributed by atoms with Crippen LogP contribution in [0.1, 0.15) is 23.2 Å². The van der Waals surface area contributed by atoms with Crippen LogP contribution in [0, 0.1) is 23.2 Å². The molecule has 1 aromatic rings. The lowest BCUT2D eigenvalue weighted by Crippen LogP contribution is -2.34. The van der Waals surface area contributed by atoms with E-state index < -0.39 is 0 Å². The van der Waals surface area contributed by atoms with Crippen LogP contribution < -0.4 is 5.32 Å². The predicted octanol–water partition coefficient (Wildman–Crippen LogP) is 2.43. The fraction of sp³-hybridized carbons (Fsp3) is 0.400. The van der Waals surface area contributed by atoms with Gasteiger partial charge in [0.2, 0.25) is 0 Å². The van der Waals surface area contributed by atoms with Gasteiger partial charge in [0.05, 0.1) is 0 Å². The monoisotopic (exact) mass is 320 g/mol. The van der Waals surface area contributed by atoms with Crippen molar-refractivity contribution < 1.29 is 9.18 Å². The Morgan fingerprint density at radius 2 is 2.05 bits per heavy atom. The highest BCUT2D eigenvalue weighted by Gasteiger charge is 2.26. The second-order valence-electron chi connectivity index (χ2n) is 4.93. The number of carbonyl (C=O) groups excluding carboxylic acids is 1. The molecule has 116 valence electrons. The number of carbonyl (C=O) groups is 1. The van der Waals surface area contributed by atoms with E-state index in [1.165, 1.54) is 36.2 Å². The highest BCUT2D eigenvalue weighted by molar-refractivity contribution is 8.11. The van der Waals surface area contributed by atoms with E-state index in [1.54, 1.807) is 7.05 Å². The van der Waals surface area contributed by atoms with Crippen LogP contribution in [0.25, 0.3) is 0 Å². The van der Waals surface area contributed by atoms with Gasteiger partial charge in [0, 0.05) is 31.6 Å². The topological polar surface area (TPSA) is 68.5 Å². The molecule has 1 fully saturated rings. The summed E-state index contributed by atoms with van der Waals surface area (Å²) in [7, 11) is 1.62. The van der Waals surface area contributed by atoms with Gasteiger partial charge in [-0.3, -0.25) is 15.1 Å². The van der Waals surface area contributed by atoms with E-state index in [0.717, 1.165) is 25.9 Å². The van der Waals surface area contributed by atoms with Crippen LogP contribution in [0.15, 0.2) is 29.3 Å². The van der Waals surface area contributed by atoms with Crippen molar-refractivity contribution in [2.24, 2.45) is 10.9 Å². The SMILES string of the molecule is C/N=C(/NC#N)SN1CCC(C(=O)c2ccc(F)cc2)CC1. The van der Waals surface area contributed by atoms with Crippen LogP contribution in [0.4, 0.5) is 4.39 Å². The summed E-state index contributed by atoms with van der Waals surface area (Å²) in [6, 6.07) is 5.71. The minimum atomic E-state index is -0.334. The smallest absolute Gasteiger partial charge is 0.185 e. The average Bonchev–Trinajstić information content (AvgIpc) is 2.55. The van der Waals surface area contributed by atoms with Crippen LogP contribution in [0.3, 0.4) is 0 Å². The number of rotatable bonds is 3. The molecule has 1 N–H and O–H groups in total. The number of Topliss-reactive ketones (excluding diaryl/α,β-unsaturated/α-hetero) is 1. The van der Waals surface area contributed by atoms with Crippen molar-refractivity contribution in [1.82, 2.24) is 9.62 Å². The van der Waals surface area contributed by atoms with Crippen molar-refractivity contribution >= 4 is 22.9 Å². The molecule has 0 saturated carbocycles. The Morgan fingerprint density at radius 3 is 2.59 bits per heavy atom. The summed E-state index contributed by atoms with van der Waals surface area (Å²) in [4.78, 5) is 16.4. The Hall–Kier alpha value is -1.91. The molecule has 1 aliphatic heterocycles. The molecule has 1 aromatic carbocycles. The standard InChI is InChI=1S/C15H17FN4OS/c1-18-15(19-10-17)22-20-8-6-12(7-9-20)14(21)11-2-4-13(16)5-3-11/h2-5,12H,6-9H2,1H3,(H,18,19). The maximum absolute atomic E-state index is 12.9. The first-order chi connectivity index (χ1) is 10.6. The van der Waals surface area contributed by atoms with Crippen molar-refractivity contribution in [2.45, 2.75) is 12.8 Å². The van der Waals surface area contributed by atoms with Crippen molar-refractivity contribution in [2.75, 3.05) is 20.1 Å². The zero-order valence-corrected chi connectivity index (χ0v) is 13.1. The first-order valence-electron chi connectivity index (χ1n) is 6.98. The maximum atomic E-state index is 12.9. The summed E-state index contributed by atoms with van der Waals surface area (Å²) in [5.41, 5.74) is 0.564. The second-order valence-corrected chi connectivity index (χ2v) is 6.02. The van der Waals surface area contributed by atoms with Gasteiger partial charge in [-0.25, -0.2) is 8.70 Å². The number of nitrogens with zero attached hydrogens (tertiary/aromatic N) is 3. The van der Waals surface area contributed by atoms with Crippen LogP contribution in [0.2, 0.25) is 0 Å². The molecular formula is C15H17FN4OS. The second kappa shape index (κ2) is 7.92. The Morgan fingerprint density at radius 1 is 1.41 bits per heavy atom. The molecule has 2 rings (SSSR count). The minimum absolute atomic E-state index is 0.0340. The highest BCUT2D eigenvalue weighted by atomic mass is 32.2. The van der Waals surface area contributed by atoms with Gasteiger partial charge in [-0.1, -0.05) is 0 Å². The molecule has 1 heterocycles. The number of hydrogen-bond donors (Lipinski definition) is 1. The van der Waals surface area contributed by atoms with Gasteiger partial charge >= 0.3 is 0 Å². The molecule has 0 amide bonds. The van der Waals surface area contributed by atoms with E-state index in [-0.39, 0.29) is 17.5 Å². The number of benzene rings is 1. The number of nitrogens with one attached hydrogen (secondary N) is 1. The zero-order valence-electron chi connectivity index (χ0n) is 12.3. The van der Waals surface area contributed by atoms with E-state index >= 15 is 0 Å². The van der Waals surface area contributed by atoms with Gasteiger partial charge in [0.25, 0.3) is 0 Å². The molecular weight excluding hydrogens is 303 g/mol. The summed E-state index contributed by atoms with van der Waals surface area (Å²) < 4.78 is 15.0.